The molecule has 11 heteroatoms. The molecule has 6 amide bonds. The van der Waals surface area contributed by atoms with Crippen molar-refractivity contribution in [2.45, 2.75) is 49.0 Å². The first kappa shape index (κ1) is 22.2. The number of rotatable bonds is 4. The van der Waals surface area contributed by atoms with Gasteiger partial charge in [-0.25, -0.2) is 14.5 Å². The van der Waals surface area contributed by atoms with E-state index in [1.807, 2.05) is 40.8 Å². The van der Waals surface area contributed by atoms with Crippen LogP contribution in [-0.4, -0.2) is 72.1 Å². The summed E-state index contributed by atoms with van der Waals surface area (Å²) in [7, 11) is 0. The summed E-state index contributed by atoms with van der Waals surface area (Å²) >= 11 is 3.52. The van der Waals surface area contributed by atoms with Gasteiger partial charge in [-0.15, -0.1) is 11.8 Å². The fourth-order valence-electron chi connectivity index (χ4n) is 3.98. The van der Waals surface area contributed by atoms with Gasteiger partial charge in [0.2, 0.25) is 11.8 Å². The number of imide groups is 1. The first-order chi connectivity index (χ1) is 14.6. The average molecular weight is 557 g/mol. The van der Waals surface area contributed by atoms with Gasteiger partial charge in [0.1, 0.15) is 17.5 Å². The Morgan fingerprint density at radius 2 is 1.87 bits per heavy atom. The number of nitrogens with zero attached hydrogens (tertiary/aromatic N) is 3. The SMILES string of the molecule is CC1N2C(=O)C(NC(=O)C(NC(=O)N3CCN(I)C3=O)c3ccccc3)C2SC1(C)C. The number of β-lactam (4-membered cyclic amide) rings is 1. The summed E-state index contributed by atoms with van der Waals surface area (Å²) in [4.78, 5) is 53.7. The molecule has 0 spiro atoms. The largest absolute Gasteiger partial charge is 0.340 e. The van der Waals surface area contributed by atoms with Crippen molar-refractivity contribution in [1.29, 1.82) is 0 Å². The van der Waals surface area contributed by atoms with Gasteiger partial charge >= 0.3 is 12.1 Å². The van der Waals surface area contributed by atoms with Crippen LogP contribution >= 0.6 is 34.6 Å². The minimum Gasteiger partial charge on any atom is -0.340 e. The Bertz CT molecular complexity index is 929. The van der Waals surface area contributed by atoms with E-state index in [0.29, 0.717) is 12.1 Å². The van der Waals surface area contributed by atoms with Crippen molar-refractivity contribution in [3.63, 3.8) is 0 Å². The third-order valence-electron chi connectivity index (χ3n) is 6.09. The van der Waals surface area contributed by atoms with Gasteiger partial charge in [-0.3, -0.25) is 12.7 Å². The molecule has 0 radical (unpaired) electrons. The molecule has 166 valence electrons. The molecule has 0 saturated carbocycles. The van der Waals surface area contributed by atoms with Crippen LogP contribution in [0.2, 0.25) is 0 Å². The van der Waals surface area contributed by atoms with E-state index in [-0.39, 0.29) is 28.6 Å². The number of nitrogens with one attached hydrogen (secondary N) is 2. The molecule has 0 aromatic heterocycles. The molecule has 4 atom stereocenters. The van der Waals surface area contributed by atoms with Gasteiger partial charge in [0.05, 0.1) is 36.0 Å². The number of benzene rings is 1. The van der Waals surface area contributed by atoms with Gasteiger partial charge in [0, 0.05) is 10.8 Å². The lowest BCUT2D eigenvalue weighted by Gasteiger charge is -2.44. The van der Waals surface area contributed by atoms with Gasteiger partial charge in [-0.1, -0.05) is 30.3 Å². The summed E-state index contributed by atoms with van der Waals surface area (Å²) in [5.41, 5.74) is 0.572. The van der Waals surface area contributed by atoms with Crippen molar-refractivity contribution < 1.29 is 19.2 Å². The first-order valence-electron chi connectivity index (χ1n) is 10.0. The van der Waals surface area contributed by atoms with Crippen molar-refractivity contribution in [2.75, 3.05) is 13.1 Å². The Labute approximate surface area is 198 Å². The maximum absolute atomic E-state index is 13.2. The van der Waals surface area contributed by atoms with E-state index < -0.39 is 30.1 Å². The van der Waals surface area contributed by atoms with E-state index in [4.69, 9.17) is 0 Å². The Balaban J connectivity index is 1.50. The summed E-state index contributed by atoms with van der Waals surface area (Å²) in [5, 5.41) is 5.38. The molecular formula is C20H24IN5O4S. The van der Waals surface area contributed by atoms with E-state index in [1.54, 1.807) is 36.0 Å². The van der Waals surface area contributed by atoms with E-state index in [1.165, 1.54) is 3.11 Å². The van der Waals surface area contributed by atoms with Crippen molar-refractivity contribution in [3.8, 4) is 0 Å². The van der Waals surface area contributed by atoms with E-state index in [9.17, 15) is 19.2 Å². The summed E-state index contributed by atoms with van der Waals surface area (Å²) in [6.45, 7) is 6.86. The Hall–Kier alpha value is -2.02. The molecule has 31 heavy (non-hydrogen) atoms. The van der Waals surface area contributed by atoms with Gasteiger partial charge < -0.3 is 15.5 Å². The molecule has 9 nitrogen and oxygen atoms in total. The number of carbonyl (C=O) groups is 4. The second kappa shape index (κ2) is 8.15. The standard InChI is InChI=1S/C20H24IN5O4S/c1-11-20(2,3)31-17-14(16(28)26(11)17)22-15(27)13(12-7-5-4-6-8-12)23-18(29)24-9-10-25(21)19(24)30/h4-8,11,13-14,17H,9-10H2,1-3H3,(H,22,27)(H,23,29). The maximum atomic E-state index is 13.2. The quantitative estimate of drug-likeness (QED) is 0.336. The number of hydrogen-bond acceptors (Lipinski definition) is 5. The van der Waals surface area contributed by atoms with Gasteiger partial charge in [-0.05, 0) is 26.3 Å². The van der Waals surface area contributed by atoms with Crippen LogP contribution in [0.3, 0.4) is 0 Å². The van der Waals surface area contributed by atoms with Crippen LogP contribution in [-0.2, 0) is 9.59 Å². The third-order valence-corrected chi connectivity index (χ3v) is 8.68. The van der Waals surface area contributed by atoms with Crippen LogP contribution in [0.1, 0.15) is 32.4 Å². The highest BCUT2D eigenvalue weighted by atomic mass is 127. The lowest BCUT2D eigenvalue weighted by molar-refractivity contribution is -0.151. The zero-order valence-electron chi connectivity index (χ0n) is 17.4. The lowest BCUT2D eigenvalue weighted by Crippen LogP contribution is -2.69. The Kier molecular flexibility index (Phi) is 5.83. The average Bonchev–Trinajstić information content (AvgIpc) is 3.18. The van der Waals surface area contributed by atoms with Crippen molar-refractivity contribution in [1.82, 2.24) is 23.5 Å². The molecule has 3 fully saturated rings. The third kappa shape index (κ3) is 3.86. The molecule has 1 aromatic rings. The first-order valence-corrected chi connectivity index (χ1v) is 11.9. The summed E-state index contributed by atoms with van der Waals surface area (Å²) in [5.74, 6) is -0.592. The molecule has 3 saturated heterocycles. The molecule has 4 unspecified atom stereocenters. The number of urea groups is 2. The van der Waals surface area contributed by atoms with Crippen LogP contribution in [0, 0.1) is 0 Å². The van der Waals surface area contributed by atoms with Gasteiger partial charge in [0.25, 0.3) is 0 Å². The second-order valence-electron chi connectivity index (χ2n) is 8.33. The van der Waals surface area contributed by atoms with Crippen LogP contribution in [0.25, 0.3) is 0 Å². The van der Waals surface area contributed by atoms with Crippen LogP contribution in [0.4, 0.5) is 9.59 Å². The molecule has 3 aliphatic heterocycles. The highest BCUT2D eigenvalue weighted by molar-refractivity contribution is 14.1. The monoisotopic (exact) mass is 557 g/mol. The van der Waals surface area contributed by atoms with Crippen LogP contribution in [0.15, 0.2) is 30.3 Å². The summed E-state index contributed by atoms with van der Waals surface area (Å²) < 4.78 is 1.31. The van der Waals surface area contributed by atoms with Crippen molar-refractivity contribution in [2.24, 2.45) is 0 Å². The number of thioether (sulfide) groups is 1. The zero-order chi connectivity index (χ0) is 22.5. The Morgan fingerprint density at radius 3 is 2.48 bits per heavy atom. The van der Waals surface area contributed by atoms with Crippen LogP contribution in [0.5, 0.6) is 0 Å². The fourth-order valence-corrected chi connectivity index (χ4v) is 6.11. The molecule has 0 aliphatic carbocycles. The minimum absolute atomic E-state index is 0.0742. The normalized spacial score (nSPS) is 27.6. The molecule has 1 aromatic carbocycles. The molecule has 3 heterocycles. The highest BCUT2D eigenvalue weighted by Crippen LogP contribution is 2.50. The highest BCUT2D eigenvalue weighted by Gasteiger charge is 2.60. The smallest absolute Gasteiger partial charge is 0.337 e. The van der Waals surface area contributed by atoms with Gasteiger partial charge in [0.15, 0.2) is 0 Å². The van der Waals surface area contributed by atoms with Crippen LogP contribution < -0.4 is 10.6 Å². The number of amides is 6. The molecule has 0 bridgehead atoms. The predicted octanol–water partition coefficient (Wildman–Crippen LogP) is 2.09. The topological polar surface area (TPSA) is 102 Å². The zero-order valence-corrected chi connectivity index (χ0v) is 20.3. The van der Waals surface area contributed by atoms with E-state index in [0.717, 1.165) is 4.90 Å². The molecule has 4 rings (SSSR count). The molecule has 2 N–H and O–H groups in total. The number of fused-ring (bicyclic) bond motifs is 1. The lowest BCUT2D eigenvalue weighted by atomic mass is 9.97. The predicted molar refractivity (Wildman–Crippen MR) is 124 cm³/mol. The summed E-state index contributed by atoms with van der Waals surface area (Å²) in [6.07, 6.45) is 0. The van der Waals surface area contributed by atoms with Crippen molar-refractivity contribution in [3.05, 3.63) is 35.9 Å². The summed E-state index contributed by atoms with van der Waals surface area (Å²) in [6, 6.07) is 6.15. The minimum atomic E-state index is -1.02. The van der Waals surface area contributed by atoms with E-state index >= 15 is 0 Å². The van der Waals surface area contributed by atoms with Crippen molar-refractivity contribution >= 4 is 58.5 Å². The number of halogens is 1. The number of carbonyl (C=O) groups excluding carboxylic acids is 4. The molecule has 3 aliphatic rings. The Morgan fingerprint density at radius 1 is 1.19 bits per heavy atom. The molecular weight excluding hydrogens is 533 g/mol. The van der Waals surface area contributed by atoms with E-state index in [2.05, 4.69) is 24.5 Å². The second-order valence-corrected chi connectivity index (χ2v) is 11.3. The maximum Gasteiger partial charge on any atom is 0.337 e. The number of hydrogen-bond donors (Lipinski definition) is 2. The fraction of sp³-hybridized carbons (Fsp3) is 0.500. The van der Waals surface area contributed by atoms with Gasteiger partial charge in [-0.2, -0.15) is 0 Å².